The first-order chi connectivity index (χ1) is 11.3. The first kappa shape index (κ1) is 18.0. The van der Waals surface area contributed by atoms with Crippen LogP contribution >= 0.6 is 0 Å². The average molecular weight is 340 g/mol. The third kappa shape index (κ3) is 4.33. The SMILES string of the molecule is CC(c1cc(F)ccc1F)N(C)CC(O)Cn1cc([N+](=O)[O-])cn1. The lowest BCUT2D eigenvalue weighted by molar-refractivity contribution is -0.385. The molecule has 2 aromatic rings. The number of benzene rings is 1. The molecule has 7 nitrogen and oxygen atoms in total. The maximum Gasteiger partial charge on any atom is 0.306 e. The van der Waals surface area contributed by atoms with Gasteiger partial charge in [0.2, 0.25) is 0 Å². The second-order valence-corrected chi connectivity index (χ2v) is 5.61. The second-order valence-electron chi connectivity index (χ2n) is 5.61. The molecule has 9 heteroatoms. The van der Waals surface area contributed by atoms with Gasteiger partial charge in [0.1, 0.15) is 24.0 Å². The standard InChI is InChI=1S/C15H18F2N4O3/c1-10(14-5-11(16)3-4-15(14)17)19(2)8-13(22)9-20-7-12(6-18-20)21(23)24/h3-7,10,13,22H,8-9H2,1-2H3. The van der Waals surface area contributed by atoms with Crippen LogP contribution in [0.25, 0.3) is 0 Å². The highest BCUT2D eigenvalue weighted by Gasteiger charge is 2.20. The van der Waals surface area contributed by atoms with E-state index in [1.54, 1.807) is 18.9 Å². The monoisotopic (exact) mass is 340 g/mol. The van der Waals surface area contributed by atoms with Crippen LogP contribution in [-0.2, 0) is 6.54 Å². The predicted octanol–water partition coefficient (Wildman–Crippen LogP) is 2.12. The van der Waals surface area contributed by atoms with Gasteiger partial charge in [0.15, 0.2) is 0 Å². The highest BCUT2D eigenvalue weighted by molar-refractivity contribution is 5.22. The van der Waals surface area contributed by atoms with Gasteiger partial charge in [0.25, 0.3) is 0 Å². The molecule has 0 saturated heterocycles. The van der Waals surface area contributed by atoms with E-state index in [-0.39, 0.29) is 24.3 Å². The van der Waals surface area contributed by atoms with E-state index in [1.165, 1.54) is 10.9 Å². The van der Waals surface area contributed by atoms with Gasteiger partial charge in [-0.05, 0) is 32.2 Å². The lowest BCUT2D eigenvalue weighted by Gasteiger charge is -2.27. The van der Waals surface area contributed by atoms with Crippen molar-refractivity contribution in [3.63, 3.8) is 0 Å². The van der Waals surface area contributed by atoms with Crippen molar-refractivity contribution in [1.29, 1.82) is 0 Å². The Morgan fingerprint density at radius 1 is 1.46 bits per heavy atom. The summed E-state index contributed by atoms with van der Waals surface area (Å²) in [6.07, 6.45) is 1.44. The number of nitrogens with zero attached hydrogens (tertiary/aromatic N) is 4. The second kappa shape index (κ2) is 7.45. The number of hydrogen-bond donors (Lipinski definition) is 1. The molecule has 0 amide bonds. The molecule has 130 valence electrons. The van der Waals surface area contributed by atoms with Crippen molar-refractivity contribution < 1.29 is 18.8 Å². The van der Waals surface area contributed by atoms with E-state index in [9.17, 15) is 24.0 Å². The maximum absolute atomic E-state index is 13.8. The lowest BCUT2D eigenvalue weighted by Crippen LogP contribution is -2.34. The minimum atomic E-state index is -0.881. The van der Waals surface area contributed by atoms with Crippen LogP contribution in [0.5, 0.6) is 0 Å². The molecular weight excluding hydrogens is 322 g/mol. The van der Waals surface area contributed by atoms with Crippen LogP contribution in [0.3, 0.4) is 0 Å². The summed E-state index contributed by atoms with van der Waals surface area (Å²) in [6.45, 7) is 1.91. The summed E-state index contributed by atoms with van der Waals surface area (Å²) >= 11 is 0. The fourth-order valence-electron chi connectivity index (χ4n) is 2.38. The minimum absolute atomic E-state index is 0.0521. The Balaban J connectivity index is 1.98. The smallest absolute Gasteiger partial charge is 0.306 e. The summed E-state index contributed by atoms with van der Waals surface area (Å²) in [6, 6.07) is 2.78. The van der Waals surface area contributed by atoms with E-state index in [2.05, 4.69) is 5.10 Å². The van der Waals surface area contributed by atoms with Crippen LogP contribution in [0, 0.1) is 21.7 Å². The number of halogens is 2. The van der Waals surface area contributed by atoms with Crippen molar-refractivity contribution in [2.24, 2.45) is 0 Å². The summed E-state index contributed by atoms with van der Waals surface area (Å²) in [4.78, 5) is 11.7. The number of hydrogen-bond acceptors (Lipinski definition) is 5. The molecule has 0 radical (unpaired) electrons. The van der Waals surface area contributed by atoms with Crippen LogP contribution in [0.2, 0.25) is 0 Å². The highest BCUT2D eigenvalue weighted by atomic mass is 19.1. The molecule has 0 aliphatic rings. The number of aliphatic hydroxyl groups excluding tert-OH is 1. The van der Waals surface area contributed by atoms with Crippen LogP contribution in [-0.4, -0.2) is 44.4 Å². The Bertz CT molecular complexity index is 722. The molecular formula is C15H18F2N4O3. The van der Waals surface area contributed by atoms with E-state index in [4.69, 9.17) is 0 Å². The molecule has 2 atom stereocenters. The zero-order chi connectivity index (χ0) is 17.9. The van der Waals surface area contributed by atoms with Gasteiger partial charge in [0, 0.05) is 18.2 Å². The molecule has 1 aromatic heterocycles. The van der Waals surface area contributed by atoms with Gasteiger partial charge in [-0.25, -0.2) is 8.78 Å². The third-order valence-electron chi connectivity index (χ3n) is 3.80. The van der Waals surface area contributed by atoms with E-state index < -0.39 is 28.7 Å². The number of aliphatic hydroxyl groups is 1. The highest BCUT2D eigenvalue weighted by Crippen LogP contribution is 2.23. The lowest BCUT2D eigenvalue weighted by atomic mass is 10.1. The number of nitro groups is 1. The molecule has 1 heterocycles. The maximum atomic E-state index is 13.8. The zero-order valence-corrected chi connectivity index (χ0v) is 13.3. The third-order valence-corrected chi connectivity index (χ3v) is 3.80. The van der Waals surface area contributed by atoms with Gasteiger partial charge in [-0.1, -0.05) is 0 Å². The van der Waals surface area contributed by atoms with Crippen LogP contribution < -0.4 is 0 Å². The molecule has 0 aliphatic heterocycles. The molecule has 0 fully saturated rings. The molecule has 1 N–H and O–H groups in total. The summed E-state index contributed by atoms with van der Waals surface area (Å²) in [7, 11) is 1.67. The molecule has 0 aliphatic carbocycles. The van der Waals surface area contributed by atoms with Crippen molar-refractivity contribution in [2.75, 3.05) is 13.6 Å². The van der Waals surface area contributed by atoms with Gasteiger partial charge >= 0.3 is 5.69 Å². The molecule has 2 rings (SSSR count). The van der Waals surface area contributed by atoms with Crippen LogP contribution in [0.15, 0.2) is 30.6 Å². The normalized spacial score (nSPS) is 13.9. The number of aromatic nitrogens is 2. The van der Waals surface area contributed by atoms with Crippen molar-refractivity contribution in [2.45, 2.75) is 25.6 Å². The first-order valence-corrected chi connectivity index (χ1v) is 7.28. The Morgan fingerprint density at radius 2 is 2.17 bits per heavy atom. The summed E-state index contributed by atoms with van der Waals surface area (Å²) in [5, 5.41) is 24.5. The van der Waals surface area contributed by atoms with E-state index >= 15 is 0 Å². The van der Waals surface area contributed by atoms with Crippen molar-refractivity contribution >= 4 is 5.69 Å². The van der Waals surface area contributed by atoms with E-state index in [0.29, 0.717) is 0 Å². The van der Waals surface area contributed by atoms with Crippen LogP contribution in [0.4, 0.5) is 14.5 Å². The minimum Gasteiger partial charge on any atom is -0.390 e. The predicted molar refractivity (Wildman–Crippen MR) is 82.3 cm³/mol. The quantitative estimate of drug-likeness (QED) is 0.616. The van der Waals surface area contributed by atoms with Gasteiger partial charge in [-0.3, -0.25) is 19.7 Å². The summed E-state index contributed by atoms with van der Waals surface area (Å²) in [5.41, 5.74) is 0.0326. The molecule has 0 bridgehead atoms. The van der Waals surface area contributed by atoms with Crippen molar-refractivity contribution in [3.8, 4) is 0 Å². The Morgan fingerprint density at radius 3 is 2.79 bits per heavy atom. The first-order valence-electron chi connectivity index (χ1n) is 7.28. The van der Waals surface area contributed by atoms with Crippen molar-refractivity contribution in [1.82, 2.24) is 14.7 Å². The van der Waals surface area contributed by atoms with E-state index in [0.717, 1.165) is 24.4 Å². The Labute approximate surface area is 137 Å². The Hall–Kier alpha value is -2.39. The summed E-state index contributed by atoms with van der Waals surface area (Å²) < 4.78 is 28.4. The fraction of sp³-hybridized carbons (Fsp3) is 0.400. The van der Waals surface area contributed by atoms with E-state index in [1.807, 2.05) is 0 Å². The largest absolute Gasteiger partial charge is 0.390 e. The number of rotatable bonds is 7. The van der Waals surface area contributed by atoms with Gasteiger partial charge < -0.3 is 5.11 Å². The van der Waals surface area contributed by atoms with Gasteiger partial charge in [-0.2, -0.15) is 5.10 Å². The van der Waals surface area contributed by atoms with Gasteiger partial charge in [-0.15, -0.1) is 0 Å². The molecule has 0 saturated carbocycles. The number of likely N-dealkylation sites (N-methyl/N-ethyl adjacent to an activating group) is 1. The van der Waals surface area contributed by atoms with Gasteiger partial charge in [0.05, 0.1) is 17.6 Å². The summed E-state index contributed by atoms with van der Waals surface area (Å²) in [5.74, 6) is -1.05. The fourth-order valence-corrected chi connectivity index (χ4v) is 2.38. The van der Waals surface area contributed by atoms with Crippen LogP contribution in [0.1, 0.15) is 18.5 Å². The molecule has 24 heavy (non-hydrogen) atoms. The molecule has 2 unspecified atom stereocenters. The topological polar surface area (TPSA) is 84.4 Å². The zero-order valence-electron chi connectivity index (χ0n) is 13.3. The molecule has 1 aromatic carbocycles. The Kier molecular flexibility index (Phi) is 5.58. The van der Waals surface area contributed by atoms with Crippen molar-refractivity contribution in [3.05, 3.63) is 57.9 Å². The average Bonchev–Trinajstić information content (AvgIpc) is 2.97. The molecule has 0 spiro atoms.